The molecular formula is C14H11N3O3. The van der Waals surface area contributed by atoms with E-state index in [0.29, 0.717) is 17.1 Å². The SMILES string of the molecule is COc1cccc(-c2ccc3ncc(C(=O)O)n3n2)c1. The molecule has 0 radical (unpaired) electrons. The summed E-state index contributed by atoms with van der Waals surface area (Å²) < 4.78 is 6.49. The molecule has 0 unspecified atom stereocenters. The number of ether oxygens (including phenoxy) is 1. The lowest BCUT2D eigenvalue weighted by Crippen LogP contribution is -2.05. The van der Waals surface area contributed by atoms with Gasteiger partial charge in [0.05, 0.1) is 19.0 Å². The maximum Gasteiger partial charge on any atom is 0.356 e. The Labute approximate surface area is 114 Å². The second-order valence-electron chi connectivity index (χ2n) is 4.17. The van der Waals surface area contributed by atoms with Crippen molar-refractivity contribution in [3.63, 3.8) is 0 Å². The van der Waals surface area contributed by atoms with Crippen LogP contribution in [-0.4, -0.2) is 32.8 Å². The monoisotopic (exact) mass is 269 g/mol. The predicted molar refractivity (Wildman–Crippen MR) is 71.9 cm³/mol. The van der Waals surface area contributed by atoms with E-state index >= 15 is 0 Å². The smallest absolute Gasteiger partial charge is 0.356 e. The maximum atomic E-state index is 11.1. The summed E-state index contributed by atoms with van der Waals surface area (Å²) >= 11 is 0. The molecule has 0 spiro atoms. The number of hydrogen-bond acceptors (Lipinski definition) is 4. The summed E-state index contributed by atoms with van der Waals surface area (Å²) in [5.74, 6) is -0.346. The number of carboxylic acids is 1. The van der Waals surface area contributed by atoms with E-state index in [1.54, 1.807) is 19.2 Å². The second-order valence-corrected chi connectivity index (χ2v) is 4.17. The van der Waals surface area contributed by atoms with Crippen LogP contribution in [0.4, 0.5) is 0 Å². The van der Waals surface area contributed by atoms with Crippen molar-refractivity contribution in [1.29, 1.82) is 0 Å². The lowest BCUT2D eigenvalue weighted by atomic mass is 10.1. The molecule has 3 rings (SSSR count). The van der Waals surface area contributed by atoms with E-state index in [-0.39, 0.29) is 5.69 Å². The quantitative estimate of drug-likeness (QED) is 0.788. The van der Waals surface area contributed by atoms with Gasteiger partial charge in [-0.1, -0.05) is 12.1 Å². The van der Waals surface area contributed by atoms with E-state index in [4.69, 9.17) is 9.84 Å². The van der Waals surface area contributed by atoms with E-state index in [2.05, 4.69) is 10.1 Å². The molecule has 1 aromatic carbocycles. The number of aromatic carboxylic acids is 1. The van der Waals surface area contributed by atoms with Gasteiger partial charge >= 0.3 is 5.97 Å². The number of methoxy groups -OCH3 is 1. The number of rotatable bonds is 3. The van der Waals surface area contributed by atoms with Gasteiger partial charge in [-0.15, -0.1) is 0 Å². The van der Waals surface area contributed by atoms with Gasteiger partial charge in [-0.2, -0.15) is 5.10 Å². The van der Waals surface area contributed by atoms with Crippen molar-refractivity contribution in [2.75, 3.05) is 7.11 Å². The van der Waals surface area contributed by atoms with Crippen molar-refractivity contribution in [2.45, 2.75) is 0 Å². The summed E-state index contributed by atoms with van der Waals surface area (Å²) in [7, 11) is 1.59. The minimum atomic E-state index is -1.06. The molecule has 100 valence electrons. The molecular weight excluding hydrogens is 258 g/mol. The second kappa shape index (κ2) is 4.65. The molecule has 0 amide bonds. The molecule has 0 bridgehead atoms. The highest BCUT2D eigenvalue weighted by molar-refractivity contribution is 5.86. The fraction of sp³-hybridized carbons (Fsp3) is 0.0714. The molecule has 0 aliphatic carbocycles. The van der Waals surface area contributed by atoms with Crippen LogP contribution in [0.5, 0.6) is 5.75 Å². The Morgan fingerprint density at radius 1 is 1.30 bits per heavy atom. The highest BCUT2D eigenvalue weighted by Gasteiger charge is 2.12. The zero-order valence-electron chi connectivity index (χ0n) is 10.6. The molecule has 6 nitrogen and oxygen atoms in total. The van der Waals surface area contributed by atoms with Crippen LogP contribution in [0.2, 0.25) is 0 Å². The normalized spacial score (nSPS) is 10.7. The van der Waals surface area contributed by atoms with Gasteiger partial charge in [0.2, 0.25) is 0 Å². The number of carboxylic acid groups (broad SMARTS) is 1. The summed E-state index contributed by atoms with van der Waals surface area (Å²) in [5.41, 5.74) is 2.02. The summed E-state index contributed by atoms with van der Waals surface area (Å²) in [6.07, 6.45) is 1.29. The maximum absolute atomic E-state index is 11.1. The van der Waals surface area contributed by atoms with Crippen molar-refractivity contribution >= 4 is 11.6 Å². The lowest BCUT2D eigenvalue weighted by Gasteiger charge is -2.05. The Balaban J connectivity index is 2.16. The van der Waals surface area contributed by atoms with Gasteiger partial charge in [0.15, 0.2) is 11.3 Å². The van der Waals surface area contributed by atoms with Crippen molar-refractivity contribution in [2.24, 2.45) is 0 Å². The molecule has 6 heteroatoms. The molecule has 2 aromatic heterocycles. The molecule has 2 heterocycles. The molecule has 20 heavy (non-hydrogen) atoms. The summed E-state index contributed by atoms with van der Waals surface area (Å²) in [5, 5.41) is 13.4. The number of fused-ring (bicyclic) bond motifs is 1. The van der Waals surface area contributed by atoms with E-state index in [1.165, 1.54) is 10.7 Å². The first-order valence-corrected chi connectivity index (χ1v) is 5.91. The van der Waals surface area contributed by atoms with Gasteiger partial charge in [-0.3, -0.25) is 0 Å². The van der Waals surface area contributed by atoms with Crippen molar-refractivity contribution < 1.29 is 14.6 Å². The van der Waals surface area contributed by atoms with Crippen LogP contribution >= 0.6 is 0 Å². The van der Waals surface area contributed by atoms with Gasteiger partial charge in [0, 0.05) is 5.56 Å². The summed E-state index contributed by atoms with van der Waals surface area (Å²) in [4.78, 5) is 15.1. The first kappa shape index (κ1) is 12.2. The highest BCUT2D eigenvalue weighted by atomic mass is 16.5. The zero-order valence-corrected chi connectivity index (χ0v) is 10.6. The van der Waals surface area contributed by atoms with Gasteiger partial charge in [0.1, 0.15) is 5.75 Å². The topological polar surface area (TPSA) is 76.7 Å². The minimum absolute atomic E-state index is 0.0322. The zero-order chi connectivity index (χ0) is 14.1. The molecule has 0 saturated carbocycles. The molecule has 3 aromatic rings. The van der Waals surface area contributed by atoms with Crippen molar-refractivity contribution in [1.82, 2.24) is 14.6 Å². The van der Waals surface area contributed by atoms with E-state index in [0.717, 1.165) is 5.56 Å². The molecule has 0 aliphatic rings. The van der Waals surface area contributed by atoms with E-state index < -0.39 is 5.97 Å². The standard InChI is InChI=1S/C14H11N3O3/c1-20-10-4-2-3-9(7-10)11-5-6-13-15-8-12(14(18)19)17(13)16-11/h2-8H,1H3,(H,18,19). The number of imidazole rings is 1. The molecule has 0 atom stereocenters. The fourth-order valence-electron chi connectivity index (χ4n) is 1.96. The van der Waals surface area contributed by atoms with E-state index in [9.17, 15) is 4.79 Å². The molecule has 1 N–H and O–H groups in total. The minimum Gasteiger partial charge on any atom is -0.497 e. The largest absolute Gasteiger partial charge is 0.497 e. The molecule has 0 fully saturated rings. The highest BCUT2D eigenvalue weighted by Crippen LogP contribution is 2.22. The third-order valence-corrected chi connectivity index (χ3v) is 2.95. The Morgan fingerprint density at radius 3 is 2.90 bits per heavy atom. The summed E-state index contributed by atoms with van der Waals surface area (Å²) in [6, 6.07) is 10.9. The number of carbonyl (C=O) groups is 1. The van der Waals surface area contributed by atoms with Crippen LogP contribution in [-0.2, 0) is 0 Å². The first-order chi connectivity index (χ1) is 9.69. The average Bonchev–Trinajstić information content (AvgIpc) is 2.90. The van der Waals surface area contributed by atoms with Gasteiger partial charge in [0.25, 0.3) is 0 Å². The van der Waals surface area contributed by atoms with Crippen LogP contribution < -0.4 is 4.74 Å². The van der Waals surface area contributed by atoms with Crippen molar-refractivity contribution in [3.05, 3.63) is 48.3 Å². The van der Waals surface area contributed by atoms with Crippen molar-refractivity contribution in [3.8, 4) is 17.0 Å². The van der Waals surface area contributed by atoms with Gasteiger partial charge in [-0.25, -0.2) is 14.3 Å². The van der Waals surface area contributed by atoms with E-state index in [1.807, 2.05) is 24.3 Å². The van der Waals surface area contributed by atoms with Gasteiger partial charge in [-0.05, 0) is 24.3 Å². The van der Waals surface area contributed by atoms with Gasteiger partial charge < -0.3 is 9.84 Å². The summed E-state index contributed by atoms with van der Waals surface area (Å²) in [6.45, 7) is 0. The fourth-order valence-corrected chi connectivity index (χ4v) is 1.96. The molecule has 0 aliphatic heterocycles. The van der Waals surface area contributed by atoms with Crippen LogP contribution in [0.3, 0.4) is 0 Å². The Kier molecular flexibility index (Phi) is 2.83. The van der Waals surface area contributed by atoms with Crippen LogP contribution in [0.15, 0.2) is 42.6 Å². The molecule has 0 saturated heterocycles. The number of hydrogen-bond donors (Lipinski definition) is 1. The van der Waals surface area contributed by atoms with Crippen LogP contribution in [0.1, 0.15) is 10.5 Å². The average molecular weight is 269 g/mol. The van der Waals surface area contributed by atoms with Crippen LogP contribution in [0, 0.1) is 0 Å². The lowest BCUT2D eigenvalue weighted by molar-refractivity contribution is 0.0688. The third-order valence-electron chi connectivity index (χ3n) is 2.95. The third kappa shape index (κ3) is 1.97. The number of aromatic nitrogens is 3. The Hall–Kier alpha value is -2.89. The predicted octanol–water partition coefficient (Wildman–Crippen LogP) is 2.10. The Morgan fingerprint density at radius 2 is 2.15 bits per heavy atom. The first-order valence-electron chi connectivity index (χ1n) is 5.91. The number of nitrogens with zero attached hydrogens (tertiary/aromatic N) is 3. The number of benzene rings is 1. The Bertz CT molecular complexity index is 795. The van der Waals surface area contributed by atoms with Crippen LogP contribution in [0.25, 0.3) is 16.9 Å².